The molecule has 0 aliphatic rings. The molecule has 0 aliphatic carbocycles. The van der Waals surface area contributed by atoms with Crippen molar-refractivity contribution in [3.05, 3.63) is 50.7 Å². The maximum atomic E-state index is 11.7. The number of unbranched alkanes of at least 4 members (excludes halogenated alkanes) is 3. The number of nitrogens with zero attached hydrogens (tertiary/aromatic N) is 1. The monoisotopic (exact) mass is 442 g/mol. The summed E-state index contributed by atoms with van der Waals surface area (Å²) in [6, 6.07) is 9.51. The molecule has 0 atom stereocenters. The number of hydrogen-bond acceptors (Lipinski definition) is 2. The van der Waals surface area contributed by atoms with Gasteiger partial charge in [0.25, 0.3) is 0 Å². The number of nitrogens with two attached hydrogens (primary N) is 1. The summed E-state index contributed by atoms with van der Waals surface area (Å²) in [5.41, 5.74) is 8.60. The summed E-state index contributed by atoms with van der Waals surface area (Å²) in [6.07, 6.45) is 6.32. The van der Waals surface area contributed by atoms with Gasteiger partial charge < -0.3 is 5.73 Å². The van der Waals surface area contributed by atoms with Gasteiger partial charge in [0.05, 0.1) is 5.70 Å². The van der Waals surface area contributed by atoms with Crippen LogP contribution in [0.3, 0.4) is 0 Å². The molecule has 23 heavy (non-hydrogen) atoms. The fourth-order valence-corrected chi connectivity index (χ4v) is 3.23. The lowest BCUT2D eigenvalue weighted by atomic mass is 10.0. The van der Waals surface area contributed by atoms with Crippen LogP contribution in [-0.4, -0.2) is 6.41 Å². The molecule has 0 fully saturated rings. The Kier molecular flexibility index (Phi) is 9.26. The Morgan fingerprint density at radius 2 is 1.83 bits per heavy atom. The smallest absolute Gasteiger partial charge is 0.218 e. The Bertz CT molecular complexity index is 560. The second-order valence-corrected chi connectivity index (χ2v) is 7.37. The number of carbonyl (C=O) groups excluding carboxylic acids is 1. The molecule has 0 spiro atoms. The SMILES string of the molecule is CCCCCCC(/C(=C(\N)Br)N(C=O)c1ccccc1)=C(/C)Br. The molecule has 0 radical (unpaired) electrons. The Hall–Kier alpha value is -1.07. The molecular weight excluding hydrogens is 420 g/mol. The minimum atomic E-state index is 0.456. The number of rotatable bonds is 9. The van der Waals surface area contributed by atoms with Crippen molar-refractivity contribution in [1.82, 2.24) is 0 Å². The van der Waals surface area contributed by atoms with E-state index in [4.69, 9.17) is 5.73 Å². The van der Waals surface area contributed by atoms with Crippen LogP contribution in [0.1, 0.15) is 46.0 Å². The molecule has 0 aromatic heterocycles. The predicted octanol–water partition coefficient (Wildman–Crippen LogP) is 5.81. The first-order chi connectivity index (χ1) is 11.0. The van der Waals surface area contributed by atoms with Crippen molar-refractivity contribution in [1.29, 1.82) is 0 Å². The first-order valence-corrected chi connectivity index (χ1v) is 9.42. The molecule has 0 unspecified atom stereocenters. The van der Waals surface area contributed by atoms with Crippen LogP contribution in [0.2, 0.25) is 0 Å². The average Bonchev–Trinajstić information content (AvgIpc) is 2.53. The maximum absolute atomic E-state index is 11.7. The van der Waals surface area contributed by atoms with Gasteiger partial charge in [0.1, 0.15) is 4.61 Å². The second kappa shape index (κ2) is 10.7. The predicted molar refractivity (Wildman–Crippen MR) is 106 cm³/mol. The summed E-state index contributed by atoms with van der Waals surface area (Å²) >= 11 is 6.95. The maximum Gasteiger partial charge on any atom is 0.218 e. The van der Waals surface area contributed by atoms with E-state index < -0.39 is 0 Å². The highest BCUT2D eigenvalue weighted by molar-refractivity contribution is 9.12. The highest BCUT2D eigenvalue weighted by atomic mass is 79.9. The number of para-hydroxylation sites is 1. The molecule has 0 saturated heterocycles. The molecule has 1 amide bonds. The number of carbonyl (C=O) groups is 1. The lowest BCUT2D eigenvalue weighted by Crippen LogP contribution is -2.24. The van der Waals surface area contributed by atoms with Crippen LogP contribution < -0.4 is 10.6 Å². The minimum Gasteiger partial charge on any atom is -0.391 e. The minimum absolute atomic E-state index is 0.456. The van der Waals surface area contributed by atoms with E-state index in [1.165, 1.54) is 19.3 Å². The zero-order chi connectivity index (χ0) is 17.2. The van der Waals surface area contributed by atoms with Gasteiger partial charge in [0, 0.05) is 5.69 Å². The Morgan fingerprint density at radius 1 is 1.17 bits per heavy atom. The first-order valence-electron chi connectivity index (χ1n) is 7.83. The number of allylic oxidation sites excluding steroid dienone is 2. The average molecular weight is 444 g/mol. The standard InChI is InChI=1S/C18H24Br2N2O/c1-3-4-5-9-12-16(14(2)19)17(18(20)21)22(13-23)15-10-7-6-8-11-15/h6-8,10-11,13H,3-5,9,12,21H2,1-2H3/b16-14+,18-17+. The molecular formula is C18H24Br2N2O. The molecule has 0 aliphatic heterocycles. The third kappa shape index (κ3) is 6.15. The Morgan fingerprint density at radius 3 is 2.30 bits per heavy atom. The number of amides is 1. The van der Waals surface area contributed by atoms with Gasteiger partial charge in [0.2, 0.25) is 6.41 Å². The lowest BCUT2D eigenvalue weighted by Gasteiger charge is -2.25. The van der Waals surface area contributed by atoms with Gasteiger partial charge in [0.15, 0.2) is 0 Å². The van der Waals surface area contributed by atoms with Crippen LogP contribution in [0.15, 0.2) is 50.7 Å². The fourth-order valence-electron chi connectivity index (χ4n) is 2.42. The van der Waals surface area contributed by atoms with Crippen molar-refractivity contribution in [2.45, 2.75) is 46.0 Å². The molecule has 0 saturated carbocycles. The topological polar surface area (TPSA) is 46.3 Å². The normalized spacial score (nSPS) is 13.2. The quantitative estimate of drug-likeness (QED) is 0.226. The third-order valence-electron chi connectivity index (χ3n) is 3.59. The van der Waals surface area contributed by atoms with E-state index in [2.05, 4.69) is 38.8 Å². The van der Waals surface area contributed by atoms with Crippen LogP contribution >= 0.6 is 31.9 Å². The van der Waals surface area contributed by atoms with Crippen molar-refractivity contribution in [2.24, 2.45) is 5.73 Å². The van der Waals surface area contributed by atoms with Crippen molar-refractivity contribution < 1.29 is 4.79 Å². The molecule has 126 valence electrons. The molecule has 3 nitrogen and oxygen atoms in total. The Balaban J connectivity index is 3.14. The number of halogens is 2. The van der Waals surface area contributed by atoms with Crippen LogP contribution in [0.5, 0.6) is 0 Å². The van der Waals surface area contributed by atoms with Gasteiger partial charge in [-0.05, 0) is 57.9 Å². The van der Waals surface area contributed by atoms with Crippen LogP contribution in [0, 0.1) is 0 Å². The number of benzene rings is 1. The number of hydrogen-bond donors (Lipinski definition) is 1. The summed E-state index contributed by atoms with van der Waals surface area (Å²) in [7, 11) is 0. The van der Waals surface area contributed by atoms with Crippen LogP contribution in [0.25, 0.3) is 0 Å². The van der Waals surface area contributed by atoms with Gasteiger partial charge >= 0.3 is 0 Å². The molecule has 0 bridgehead atoms. The second-order valence-electron chi connectivity index (χ2n) is 5.33. The van der Waals surface area contributed by atoms with E-state index in [0.717, 1.165) is 35.0 Å². The highest BCUT2D eigenvalue weighted by Gasteiger charge is 2.19. The van der Waals surface area contributed by atoms with E-state index in [1.807, 2.05) is 37.3 Å². The van der Waals surface area contributed by atoms with Crippen LogP contribution in [0.4, 0.5) is 5.69 Å². The molecule has 1 aromatic rings. The lowest BCUT2D eigenvalue weighted by molar-refractivity contribution is -0.107. The van der Waals surface area contributed by atoms with Crippen molar-refractivity contribution in [3.8, 4) is 0 Å². The summed E-state index contributed by atoms with van der Waals surface area (Å²) in [4.78, 5) is 13.3. The van der Waals surface area contributed by atoms with E-state index in [-0.39, 0.29) is 0 Å². The largest absolute Gasteiger partial charge is 0.391 e. The van der Waals surface area contributed by atoms with Gasteiger partial charge in [-0.25, -0.2) is 0 Å². The zero-order valence-electron chi connectivity index (χ0n) is 13.7. The Labute approximate surface area is 155 Å². The van der Waals surface area contributed by atoms with E-state index in [1.54, 1.807) is 4.90 Å². The van der Waals surface area contributed by atoms with Gasteiger partial charge in [-0.2, -0.15) is 0 Å². The summed E-state index contributed by atoms with van der Waals surface area (Å²) in [5, 5.41) is 0. The van der Waals surface area contributed by atoms with Gasteiger partial charge in [-0.15, -0.1) is 0 Å². The third-order valence-corrected chi connectivity index (χ3v) is 4.44. The van der Waals surface area contributed by atoms with E-state index in [0.29, 0.717) is 10.3 Å². The molecule has 1 aromatic carbocycles. The summed E-state index contributed by atoms with van der Waals surface area (Å²) < 4.78 is 1.45. The van der Waals surface area contributed by atoms with Crippen molar-refractivity contribution >= 4 is 44.0 Å². The van der Waals surface area contributed by atoms with Gasteiger partial charge in [-0.1, -0.05) is 60.3 Å². The fraction of sp³-hybridized carbons (Fsp3) is 0.389. The first kappa shape index (κ1) is 20.0. The van der Waals surface area contributed by atoms with Crippen molar-refractivity contribution in [2.75, 3.05) is 4.90 Å². The molecule has 1 rings (SSSR count). The van der Waals surface area contributed by atoms with Crippen LogP contribution in [-0.2, 0) is 4.79 Å². The van der Waals surface area contributed by atoms with E-state index >= 15 is 0 Å². The van der Waals surface area contributed by atoms with Gasteiger partial charge in [-0.3, -0.25) is 9.69 Å². The molecule has 2 N–H and O–H groups in total. The molecule has 5 heteroatoms. The molecule has 0 heterocycles. The number of anilines is 1. The highest BCUT2D eigenvalue weighted by Crippen LogP contribution is 2.32. The zero-order valence-corrected chi connectivity index (χ0v) is 16.9. The summed E-state index contributed by atoms with van der Waals surface area (Å²) in [5.74, 6) is 0. The van der Waals surface area contributed by atoms with E-state index in [9.17, 15) is 4.79 Å². The van der Waals surface area contributed by atoms with Crippen molar-refractivity contribution in [3.63, 3.8) is 0 Å². The summed E-state index contributed by atoms with van der Waals surface area (Å²) in [6.45, 7) is 4.18.